The van der Waals surface area contributed by atoms with E-state index >= 15 is 0 Å². The lowest BCUT2D eigenvalue weighted by atomic mass is 10.2. The molecule has 0 atom stereocenters. The average molecular weight is 211 g/mol. The second kappa shape index (κ2) is 4.04. The predicted molar refractivity (Wildman–Crippen MR) is 47.0 cm³/mol. The molecule has 80 valence electrons. The molecule has 6 heteroatoms. The van der Waals surface area contributed by atoms with Crippen LogP contribution < -0.4 is 0 Å². The normalized spacial score (nSPS) is 15.4. The summed E-state index contributed by atoms with van der Waals surface area (Å²) < 4.78 is 0. The number of imide groups is 1. The summed E-state index contributed by atoms with van der Waals surface area (Å²) >= 11 is 0. The molecule has 0 aliphatic carbocycles. The molecule has 1 aliphatic heterocycles. The molecule has 1 aliphatic rings. The van der Waals surface area contributed by atoms with Gasteiger partial charge in [-0.1, -0.05) is 6.58 Å². The number of amides is 2. The number of carbonyl (C=O) groups excluding carboxylic acids is 4. The standard InChI is InChI=1S/C9H9NO5/c1-5(6(2)11)9(14)15-10-7(12)3-4-8(10)13/h1,3-4H2,2H3. The number of nitrogens with zero attached hydrogens (tertiary/aromatic N) is 1. The summed E-state index contributed by atoms with van der Waals surface area (Å²) in [6, 6.07) is 0. The molecule has 15 heavy (non-hydrogen) atoms. The van der Waals surface area contributed by atoms with Crippen LogP contribution in [0.15, 0.2) is 12.2 Å². The van der Waals surface area contributed by atoms with Crippen LogP contribution in [0.25, 0.3) is 0 Å². The zero-order chi connectivity index (χ0) is 11.6. The van der Waals surface area contributed by atoms with Gasteiger partial charge in [0.1, 0.15) is 0 Å². The molecule has 0 saturated carbocycles. The van der Waals surface area contributed by atoms with Crippen molar-refractivity contribution in [3.05, 3.63) is 12.2 Å². The van der Waals surface area contributed by atoms with Gasteiger partial charge >= 0.3 is 5.97 Å². The number of ketones is 1. The molecule has 1 heterocycles. The summed E-state index contributed by atoms with van der Waals surface area (Å²) in [5.41, 5.74) is -0.400. The highest BCUT2D eigenvalue weighted by Crippen LogP contribution is 2.13. The summed E-state index contributed by atoms with van der Waals surface area (Å²) in [5.74, 6) is -2.83. The van der Waals surface area contributed by atoms with Gasteiger partial charge < -0.3 is 4.84 Å². The third kappa shape index (κ3) is 2.28. The lowest BCUT2D eigenvalue weighted by molar-refractivity contribution is -0.194. The first-order chi connectivity index (χ1) is 6.93. The molecule has 0 N–H and O–H groups in total. The van der Waals surface area contributed by atoms with Gasteiger partial charge in [-0.15, -0.1) is 5.06 Å². The minimum atomic E-state index is -1.08. The number of carbonyl (C=O) groups is 4. The molecule has 1 fully saturated rings. The molecule has 0 aromatic heterocycles. The maximum atomic E-state index is 11.1. The van der Waals surface area contributed by atoms with Crippen molar-refractivity contribution in [1.29, 1.82) is 0 Å². The van der Waals surface area contributed by atoms with Crippen LogP contribution in [-0.2, 0) is 24.0 Å². The Labute approximate surface area is 85.4 Å². The summed E-state index contributed by atoms with van der Waals surface area (Å²) in [6.07, 6.45) is 0.0251. The van der Waals surface area contributed by atoms with Gasteiger partial charge in [0.05, 0.1) is 5.57 Å². The third-order valence-corrected chi connectivity index (χ3v) is 1.85. The van der Waals surface area contributed by atoms with Crippen LogP contribution in [0.2, 0.25) is 0 Å². The Bertz CT molecular complexity index is 355. The molecule has 1 saturated heterocycles. The van der Waals surface area contributed by atoms with Crippen molar-refractivity contribution in [3.63, 3.8) is 0 Å². The van der Waals surface area contributed by atoms with E-state index in [1.54, 1.807) is 0 Å². The molecule has 6 nitrogen and oxygen atoms in total. The van der Waals surface area contributed by atoms with E-state index in [-0.39, 0.29) is 12.8 Å². The van der Waals surface area contributed by atoms with E-state index in [1.165, 1.54) is 0 Å². The minimum absolute atomic E-state index is 0.0126. The van der Waals surface area contributed by atoms with E-state index in [0.29, 0.717) is 5.06 Å². The third-order valence-electron chi connectivity index (χ3n) is 1.85. The molecule has 0 aromatic carbocycles. The van der Waals surface area contributed by atoms with E-state index in [1.807, 2.05) is 0 Å². The summed E-state index contributed by atoms with van der Waals surface area (Å²) in [6.45, 7) is 4.31. The smallest absolute Gasteiger partial charge is 0.325 e. The van der Waals surface area contributed by atoms with Crippen molar-refractivity contribution in [2.45, 2.75) is 19.8 Å². The van der Waals surface area contributed by atoms with E-state index < -0.39 is 29.1 Å². The van der Waals surface area contributed by atoms with Gasteiger partial charge in [0, 0.05) is 12.8 Å². The van der Waals surface area contributed by atoms with E-state index in [9.17, 15) is 19.2 Å². The van der Waals surface area contributed by atoms with Crippen molar-refractivity contribution >= 4 is 23.6 Å². The van der Waals surface area contributed by atoms with E-state index in [0.717, 1.165) is 6.92 Å². The summed E-state index contributed by atoms with van der Waals surface area (Å²) in [4.78, 5) is 48.4. The molecule has 0 radical (unpaired) electrons. The Balaban J connectivity index is 2.66. The fraction of sp³-hybridized carbons (Fsp3) is 0.333. The van der Waals surface area contributed by atoms with Crippen LogP contribution in [0, 0.1) is 0 Å². The molecule has 0 bridgehead atoms. The Morgan fingerprint density at radius 1 is 1.27 bits per heavy atom. The van der Waals surface area contributed by atoms with Crippen molar-refractivity contribution in [3.8, 4) is 0 Å². The van der Waals surface area contributed by atoms with Crippen LogP contribution >= 0.6 is 0 Å². The van der Waals surface area contributed by atoms with Crippen LogP contribution in [0.5, 0.6) is 0 Å². The fourth-order valence-corrected chi connectivity index (χ4v) is 0.940. The van der Waals surface area contributed by atoms with Crippen molar-refractivity contribution in [1.82, 2.24) is 5.06 Å². The predicted octanol–water partition coefficient (Wildman–Crippen LogP) is -0.261. The van der Waals surface area contributed by atoms with Crippen molar-refractivity contribution in [2.24, 2.45) is 0 Å². The zero-order valence-electron chi connectivity index (χ0n) is 8.11. The molecule has 0 spiro atoms. The highest BCUT2D eigenvalue weighted by atomic mass is 16.7. The fourth-order valence-electron chi connectivity index (χ4n) is 0.940. The Morgan fingerprint density at radius 3 is 2.13 bits per heavy atom. The number of hydrogen-bond donors (Lipinski definition) is 0. The average Bonchev–Trinajstić information content (AvgIpc) is 2.47. The first-order valence-electron chi connectivity index (χ1n) is 4.21. The van der Waals surface area contributed by atoms with E-state index in [2.05, 4.69) is 11.4 Å². The zero-order valence-corrected chi connectivity index (χ0v) is 8.11. The number of rotatable bonds is 3. The number of hydroxylamine groups is 2. The van der Waals surface area contributed by atoms with Gasteiger partial charge in [0.15, 0.2) is 5.78 Å². The second-order valence-corrected chi connectivity index (χ2v) is 3.00. The largest absolute Gasteiger partial charge is 0.366 e. The van der Waals surface area contributed by atoms with Gasteiger partial charge in [-0.3, -0.25) is 14.4 Å². The Morgan fingerprint density at radius 2 is 1.73 bits per heavy atom. The summed E-state index contributed by atoms with van der Waals surface area (Å²) in [7, 11) is 0. The lowest BCUT2D eigenvalue weighted by Gasteiger charge is -2.12. The molecular formula is C9H9NO5. The lowest BCUT2D eigenvalue weighted by Crippen LogP contribution is -2.33. The van der Waals surface area contributed by atoms with Crippen LogP contribution in [0.3, 0.4) is 0 Å². The van der Waals surface area contributed by atoms with Crippen LogP contribution in [-0.4, -0.2) is 28.6 Å². The number of Topliss-reactive ketones (excluding diaryl/α,β-unsaturated/α-hetero) is 1. The Kier molecular flexibility index (Phi) is 2.99. The van der Waals surface area contributed by atoms with Gasteiger partial charge in [0.2, 0.25) is 0 Å². The monoisotopic (exact) mass is 211 g/mol. The van der Waals surface area contributed by atoms with Crippen molar-refractivity contribution < 1.29 is 24.0 Å². The maximum Gasteiger partial charge on any atom is 0.366 e. The molecular weight excluding hydrogens is 202 g/mol. The SMILES string of the molecule is C=C(C(C)=O)C(=O)ON1C(=O)CCC1=O. The van der Waals surface area contributed by atoms with Gasteiger partial charge in [-0.25, -0.2) is 4.79 Å². The van der Waals surface area contributed by atoms with E-state index in [4.69, 9.17) is 0 Å². The quantitative estimate of drug-likeness (QED) is 0.278. The first-order valence-corrected chi connectivity index (χ1v) is 4.21. The number of hydrogen-bond acceptors (Lipinski definition) is 5. The molecule has 1 rings (SSSR count). The summed E-state index contributed by atoms with van der Waals surface area (Å²) in [5, 5.41) is 0.371. The van der Waals surface area contributed by atoms with Crippen LogP contribution in [0.1, 0.15) is 19.8 Å². The van der Waals surface area contributed by atoms with Crippen molar-refractivity contribution in [2.75, 3.05) is 0 Å². The Hall–Kier alpha value is -1.98. The van der Waals surface area contributed by atoms with Gasteiger partial charge in [-0.05, 0) is 6.92 Å². The van der Waals surface area contributed by atoms with Gasteiger partial charge in [0.25, 0.3) is 11.8 Å². The topological polar surface area (TPSA) is 80.8 Å². The first kappa shape index (κ1) is 11.1. The maximum absolute atomic E-state index is 11.1. The molecule has 0 unspecified atom stereocenters. The van der Waals surface area contributed by atoms with Crippen LogP contribution in [0.4, 0.5) is 0 Å². The molecule has 2 amide bonds. The highest BCUT2D eigenvalue weighted by Gasteiger charge is 2.33. The second-order valence-electron chi connectivity index (χ2n) is 3.00. The highest BCUT2D eigenvalue weighted by molar-refractivity contribution is 6.16. The van der Waals surface area contributed by atoms with Gasteiger partial charge in [-0.2, -0.15) is 0 Å². The minimum Gasteiger partial charge on any atom is -0.325 e. The molecule has 0 aromatic rings.